The minimum absolute atomic E-state index is 0.210. The Hall–Kier alpha value is -2.80. The van der Waals surface area contributed by atoms with E-state index in [1.165, 1.54) is 12.1 Å². The van der Waals surface area contributed by atoms with E-state index in [0.717, 1.165) is 55.4 Å². The molecule has 0 aromatic heterocycles. The summed E-state index contributed by atoms with van der Waals surface area (Å²) in [5.41, 5.74) is 2.36. The van der Waals surface area contributed by atoms with Crippen LogP contribution in [0.25, 0.3) is 0 Å². The highest BCUT2D eigenvalue weighted by Gasteiger charge is 2.26. The number of aliphatic imine (C=N–C) groups is 3. The fraction of sp³-hybridized carbons (Fsp3) is 0.480. The van der Waals surface area contributed by atoms with E-state index in [4.69, 9.17) is 4.74 Å². The second-order valence-electron chi connectivity index (χ2n) is 7.96. The SMILES string of the molecule is C=NC(=NCCCC)N/C(C(=C)C1CCC(O)CC1)=C(\C)C(=NC)Oc1ccc(F)cc1. The number of halogens is 1. The van der Waals surface area contributed by atoms with Crippen LogP contribution >= 0.6 is 0 Å². The molecular formula is C25H35FN4O2. The molecule has 0 unspecified atom stereocenters. The van der Waals surface area contributed by atoms with Gasteiger partial charge >= 0.3 is 0 Å². The molecule has 0 heterocycles. The molecule has 0 spiro atoms. The van der Waals surface area contributed by atoms with Gasteiger partial charge in [0, 0.05) is 19.2 Å². The van der Waals surface area contributed by atoms with Gasteiger partial charge in [0.25, 0.3) is 0 Å². The predicted octanol–water partition coefficient (Wildman–Crippen LogP) is 5.06. The molecule has 0 amide bonds. The third-order valence-electron chi connectivity index (χ3n) is 5.60. The van der Waals surface area contributed by atoms with E-state index in [-0.39, 0.29) is 17.8 Å². The zero-order chi connectivity index (χ0) is 23.5. The summed E-state index contributed by atoms with van der Waals surface area (Å²) in [6.45, 7) is 12.7. The molecule has 0 saturated heterocycles. The summed E-state index contributed by atoms with van der Waals surface area (Å²) in [6.07, 6.45) is 4.91. The number of nitrogens with one attached hydrogen (secondary N) is 1. The van der Waals surface area contributed by atoms with Crippen LogP contribution in [0.5, 0.6) is 5.75 Å². The van der Waals surface area contributed by atoms with Crippen molar-refractivity contribution in [1.29, 1.82) is 0 Å². The largest absolute Gasteiger partial charge is 0.439 e. The summed E-state index contributed by atoms with van der Waals surface area (Å²) in [5.74, 6) is 1.16. The lowest BCUT2D eigenvalue weighted by Gasteiger charge is -2.29. The average Bonchev–Trinajstić information content (AvgIpc) is 2.80. The maximum atomic E-state index is 13.3. The van der Waals surface area contributed by atoms with Crippen molar-refractivity contribution in [2.75, 3.05) is 13.6 Å². The molecule has 2 rings (SSSR count). The third kappa shape index (κ3) is 7.41. The number of benzene rings is 1. The number of hydrogen-bond acceptors (Lipinski definition) is 4. The maximum Gasteiger partial charge on any atom is 0.221 e. The monoisotopic (exact) mass is 442 g/mol. The maximum absolute atomic E-state index is 13.3. The highest BCUT2D eigenvalue weighted by atomic mass is 19.1. The van der Waals surface area contributed by atoms with Gasteiger partial charge in [0.1, 0.15) is 11.6 Å². The smallest absolute Gasteiger partial charge is 0.221 e. The number of allylic oxidation sites excluding steroid dienone is 1. The van der Waals surface area contributed by atoms with Crippen LogP contribution in [0.15, 0.2) is 62.7 Å². The Morgan fingerprint density at radius 1 is 1.22 bits per heavy atom. The number of hydrogen-bond donors (Lipinski definition) is 2. The topological polar surface area (TPSA) is 78.6 Å². The highest BCUT2D eigenvalue weighted by Crippen LogP contribution is 2.33. The second kappa shape index (κ2) is 12.9. The summed E-state index contributed by atoms with van der Waals surface area (Å²) in [7, 11) is 1.64. The minimum atomic E-state index is -0.334. The number of aliphatic hydroxyl groups is 1. The molecule has 6 nitrogen and oxygen atoms in total. The molecular weight excluding hydrogens is 407 g/mol. The molecule has 1 saturated carbocycles. The van der Waals surface area contributed by atoms with Crippen LogP contribution in [-0.2, 0) is 0 Å². The number of rotatable bonds is 8. The van der Waals surface area contributed by atoms with Gasteiger partial charge in [-0.1, -0.05) is 19.9 Å². The van der Waals surface area contributed by atoms with Crippen molar-refractivity contribution in [3.63, 3.8) is 0 Å². The highest BCUT2D eigenvalue weighted by molar-refractivity contribution is 5.97. The van der Waals surface area contributed by atoms with Gasteiger partial charge in [0.2, 0.25) is 11.9 Å². The van der Waals surface area contributed by atoms with Crippen LogP contribution in [0.3, 0.4) is 0 Å². The predicted molar refractivity (Wildman–Crippen MR) is 130 cm³/mol. The third-order valence-corrected chi connectivity index (χ3v) is 5.60. The molecule has 0 radical (unpaired) electrons. The van der Waals surface area contributed by atoms with Crippen molar-refractivity contribution in [3.05, 3.63) is 53.5 Å². The van der Waals surface area contributed by atoms with E-state index in [0.29, 0.717) is 24.2 Å². The summed E-state index contributed by atoms with van der Waals surface area (Å²) in [4.78, 5) is 12.9. The van der Waals surface area contributed by atoms with Gasteiger partial charge in [-0.2, -0.15) is 0 Å². The number of guanidine groups is 1. The lowest BCUT2D eigenvalue weighted by Crippen LogP contribution is -2.30. The fourth-order valence-corrected chi connectivity index (χ4v) is 3.64. The molecule has 1 aliphatic rings. The molecule has 1 aromatic carbocycles. The average molecular weight is 443 g/mol. The van der Waals surface area contributed by atoms with E-state index in [2.05, 4.69) is 40.5 Å². The first kappa shape index (κ1) is 25.5. The van der Waals surface area contributed by atoms with Crippen molar-refractivity contribution in [1.82, 2.24) is 5.32 Å². The molecule has 1 aromatic rings. The standard InChI is InChI=1S/C25H35FN4O2/c1-6-7-16-29-25(28-5)30-23(17(2)19-8-12-21(31)13-9-19)18(3)24(27-4)32-22-14-10-20(26)11-15-22/h10-11,14-15,19,21,31H,2,5-9,12-13,16H2,1,3-4H3,(H,29,30)/b23-18+,27-24?. The van der Waals surface area contributed by atoms with Gasteiger partial charge < -0.3 is 15.2 Å². The first-order valence-corrected chi connectivity index (χ1v) is 11.2. The quantitative estimate of drug-likeness (QED) is 0.256. The van der Waals surface area contributed by atoms with Gasteiger partial charge in [-0.25, -0.2) is 9.38 Å². The number of ether oxygens (including phenoxy) is 1. The normalized spacial score (nSPS) is 20.4. The molecule has 0 bridgehead atoms. The van der Waals surface area contributed by atoms with E-state index in [1.807, 2.05) is 6.92 Å². The van der Waals surface area contributed by atoms with E-state index in [1.54, 1.807) is 19.2 Å². The van der Waals surface area contributed by atoms with Crippen molar-refractivity contribution < 1.29 is 14.2 Å². The lowest BCUT2D eigenvalue weighted by atomic mass is 9.81. The van der Waals surface area contributed by atoms with Crippen molar-refractivity contribution in [3.8, 4) is 5.75 Å². The van der Waals surface area contributed by atoms with Crippen LogP contribution in [0, 0.1) is 11.7 Å². The zero-order valence-corrected chi connectivity index (χ0v) is 19.4. The van der Waals surface area contributed by atoms with Gasteiger partial charge in [0.15, 0.2) is 0 Å². The Balaban J connectivity index is 2.37. The van der Waals surface area contributed by atoms with E-state index in [9.17, 15) is 9.50 Å². The Labute approximate surface area is 190 Å². The summed E-state index contributed by atoms with van der Waals surface area (Å²) >= 11 is 0. The Kier molecular flexibility index (Phi) is 10.3. The second-order valence-corrected chi connectivity index (χ2v) is 7.96. The van der Waals surface area contributed by atoms with Crippen LogP contribution in [0.1, 0.15) is 52.4 Å². The van der Waals surface area contributed by atoms with E-state index >= 15 is 0 Å². The van der Waals surface area contributed by atoms with Crippen LogP contribution in [0.2, 0.25) is 0 Å². The molecule has 2 N–H and O–H groups in total. The van der Waals surface area contributed by atoms with E-state index < -0.39 is 0 Å². The van der Waals surface area contributed by atoms with Crippen molar-refractivity contribution in [2.45, 2.75) is 58.5 Å². The zero-order valence-electron chi connectivity index (χ0n) is 19.4. The fourth-order valence-electron chi connectivity index (χ4n) is 3.64. The Morgan fingerprint density at radius 2 is 1.88 bits per heavy atom. The summed E-state index contributed by atoms with van der Waals surface area (Å²) < 4.78 is 19.2. The van der Waals surface area contributed by atoms with Crippen molar-refractivity contribution in [2.24, 2.45) is 20.9 Å². The molecule has 7 heteroatoms. The van der Waals surface area contributed by atoms with Gasteiger partial charge in [-0.15, -0.1) is 0 Å². The molecule has 1 aliphatic carbocycles. The molecule has 32 heavy (non-hydrogen) atoms. The number of aliphatic hydroxyl groups excluding tert-OH is 1. The lowest BCUT2D eigenvalue weighted by molar-refractivity contribution is 0.116. The van der Waals surface area contributed by atoms with Crippen molar-refractivity contribution >= 4 is 18.6 Å². The van der Waals surface area contributed by atoms with Crippen LogP contribution in [-0.4, -0.2) is 43.4 Å². The van der Waals surface area contributed by atoms with Gasteiger partial charge in [-0.3, -0.25) is 9.98 Å². The number of unbranched alkanes of at least 4 members (excludes halogenated alkanes) is 1. The first-order chi connectivity index (χ1) is 15.4. The first-order valence-electron chi connectivity index (χ1n) is 11.2. The number of nitrogens with zero attached hydrogens (tertiary/aromatic N) is 3. The molecule has 0 atom stereocenters. The molecule has 0 aliphatic heterocycles. The molecule has 174 valence electrons. The summed E-state index contributed by atoms with van der Waals surface area (Å²) in [5, 5.41) is 13.2. The van der Waals surface area contributed by atoms with Crippen LogP contribution < -0.4 is 10.1 Å². The minimum Gasteiger partial charge on any atom is -0.439 e. The summed E-state index contributed by atoms with van der Waals surface area (Å²) in [6, 6.07) is 5.79. The Morgan fingerprint density at radius 3 is 2.44 bits per heavy atom. The van der Waals surface area contributed by atoms with Crippen LogP contribution in [0.4, 0.5) is 4.39 Å². The van der Waals surface area contributed by atoms with Gasteiger partial charge in [-0.05, 0) is 81.5 Å². The molecule has 1 fully saturated rings. The Bertz CT molecular complexity index is 866. The van der Waals surface area contributed by atoms with Gasteiger partial charge in [0.05, 0.1) is 11.8 Å².